The Balaban J connectivity index is 0.000000246. The van der Waals surface area contributed by atoms with Gasteiger partial charge in [-0.05, 0) is 30.7 Å². The molecule has 0 amide bonds. The first kappa shape index (κ1) is 16.8. The Hall–Kier alpha value is -1.28. The molecule has 0 atom stereocenters. The second kappa shape index (κ2) is 11.5. The molecule has 2 heteroatoms. The summed E-state index contributed by atoms with van der Waals surface area (Å²) in [5, 5.41) is 4.48. The highest BCUT2D eigenvalue weighted by Crippen LogP contribution is 2.14. The van der Waals surface area contributed by atoms with Crippen LogP contribution in [0.4, 0.5) is 11.4 Å². The fourth-order valence-electron chi connectivity index (χ4n) is 1.73. The zero-order chi connectivity index (χ0) is 14.5. The van der Waals surface area contributed by atoms with Gasteiger partial charge in [0.05, 0.1) is 0 Å². The number of para-hydroxylation sites is 2. The zero-order valence-corrected chi connectivity index (χ0v) is 13.8. The maximum absolute atomic E-state index is 3.38. The topological polar surface area (TPSA) is 12.0 Å². The van der Waals surface area contributed by atoms with Crippen LogP contribution in [0, 0.1) is 0 Å². The monoisotopic (exact) mass is 333 g/mol. The predicted molar refractivity (Wildman–Crippen MR) is 94.1 cm³/mol. The lowest BCUT2D eigenvalue weighted by atomic mass is 10.2. The Morgan fingerprint density at radius 1 is 0.750 bits per heavy atom. The summed E-state index contributed by atoms with van der Waals surface area (Å²) in [5.74, 6) is 0. The van der Waals surface area contributed by atoms with Crippen LogP contribution in [0.5, 0.6) is 0 Å². The minimum absolute atomic E-state index is 1.12. The van der Waals surface area contributed by atoms with E-state index in [1.165, 1.54) is 31.0 Å². The van der Waals surface area contributed by atoms with Crippen LogP contribution < -0.4 is 5.32 Å². The highest BCUT2D eigenvalue weighted by Gasteiger charge is 1.89. The van der Waals surface area contributed by atoms with Gasteiger partial charge in [-0.25, -0.2) is 0 Å². The van der Waals surface area contributed by atoms with Gasteiger partial charge in [-0.1, -0.05) is 78.5 Å². The van der Waals surface area contributed by atoms with Crippen LogP contribution in [0.15, 0.2) is 60.7 Å². The van der Waals surface area contributed by atoms with E-state index in [1.54, 1.807) is 0 Å². The summed E-state index contributed by atoms with van der Waals surface area (Å²) in [4.78, 5) is 0. The van der Waals surface area contributed by atoms with Gasteiger partial charge in [-0.3, -0.25) is 0 Å². The van der Waals surface area contributed by atoms with Gasteiger partial charge < -0.3 is 5.32 Å². The molecule has 0 radical (unpaired) electrons. The average Bonchev–Trinajstić information content (AvgIpc) is 2.51. The summed E-state index contributed by atoms with van der Waals surface area (Å²) >= 11 is 3.38. The van der Waals surface area contributed by atoms with Crippen molar-refractivity contribution in [1.29, 1.82) is 0 Å². The van der Waals surface area contributed by atoms with Gasteiger partial charge in [0.15, 0.2) is 0 Å². The molecule has 0 bridgehead atoms. The summed E-state index contributed by atoms with van der Waals surface area (Å²) in [7, 11) is 0. The number of halogens is 1. The number of hydrogen-bond donors (Lipinski definition) is 1. The number of hydrogen-bond acceptors (Lipinski definition) is 1. The van der Waals surface area contributed by atoms with Crippen LogP contribution in [-0.4, -0.2) is 5.33 Å². The third kappa shape index (κ3) is 8.00. The van der Waals surface area contributed by atoms with Crippen LogP contribution in [-0.2, 0) is 0 Å². The summed E-state index contributed by atoms with van der Waals surface area (Å²) < 4.78 is 0. The number of benzene rings is 2. The Bertz CT molecular complexity index is 386. The molecule has 0 heterocycles. The van der Waals surface area contributed by atoms with Crippen molar-refractivity contribution in [3.05, 3.63) is 60.7 Å². The molecule has 0 aliphatic rings. The molecule has 0 aromatic heterocycles. The van der Waals surface area contributed by atoms with E-state index in [2.05, 4.69) is 28.2 Å². The molecule has 1 nitrogen and oxygen atoms in total. The molecule has 2 aromatic rings. The maximum atomic E-state index is 3.38. The lowest BCUT2D eigenvalue weighted by molar-refractivity contribution is 0.708. The molecule has 0 fully saturated rings. The van der Waals surface area contributed by atoms with Crippen molar-refractivity contribution in [1.82, 2.24) is 0 Å². The van der Waals surface area contributed by atoms with E-state index in [0.29, 0.717) is 0 Å². The standard InChI is InChI=1S/C12H11N.C6H13Br/c1-3-7-11(8-4-1)13-12-9-5-2-6-10-12;1-2-3-4-5-6-7/h1-10,13H;2-6H2,1H3. The summed E-state index contributed by atoms with van der Waals surface area (Å²) in [5.41, 5.74) is 2.24. The van der Waals surface area contributed by atoms with Gasteiger partial charge in [0, 0.05) is 16.7 Å². The molecular weight excluding hydrogens is 310 g/mol. The van der Waals surface area contributed by atoms with Crippen LogP contribution >= 0.6 is 15.9 Å². The van der Waals surface area contributed by atoms with Crippen molar-refractivity contribution in [2.75, 3.05) is 10.6 Å². The highest BCUT2D eigenvalue weighted by atomic mass is 79.9. The summed E-state index contributed by atoms with van der Waals surface area (Å²) in [6.45, 7) is 2.23. The Morgan fingerprint density at radius 3 is 1.65 bits per heavy atom. The highest BCUT2D eigenvalue weighted by molar-refractivity contribution is 9.09. The lowest BCUT2D eigenvalue weighted by Gasteiger charge is -2.04. The number of anilines is 2. The summed E-state index contributed by atoms with van der Waals surface area (Å²) in [6, 6.07) is 20.3. The molecule has 0 saturated carbocycles. The van der Waals surface area contributed by atoms with Gasteiger partial charge in [-0.15, -0.1) is 0 Å². The summed E-state index contributed by atoms with van der Waals surface area (Å²) in [6.07, 6.45) is 5.47. The molecule has 0 saturated heterocycles. The second-order valence-electron chi connectivity index (χ2n) is 4.61. The van der Waals surface area contributed by atoms with Crippen molar-refractivity contribution in [2.24, 2.45) is 0 Å². The molecule has 0 aliphatic carbocycles. The van der Waals surface area contributed by atoms with E-state index in [9.17, 15) is 0 Å². The first-order valence-corrected chi connectivity index (χ1v) is 8.42. The van der Waals surface area contributed by atoms with E-state index in [4.69, 9.17) is 0 Å². The van der Waals surface area contributed by atoms with Gasteiger partial charge in [0.2, 0.25) is 0 Å². The van der Waals surface area contributed by atoms with Crippen LogP contribution in [0.2, 0.25) is 0 Å². The fourth-order valence-corrected chi connectivity index (χ4v) is 2.13. The number of alkyl halides is 1. The Morgan fingerprint density at radius 2 is 1.25 bits per heavy atom. The molecule has 1 N–H and O–H groups in total. The minimum Gasteiger partial charge on any atom is -0.356 e. The molecule has 0 aliphatic heterocycles. The van der Waals surface area contributed by atoms with Gasteiger partial charge in [0.25, 0.3) is 0 Å². The van der Waals surface area contributed by atoms with Crippen molar-refractivity contribution in [3.8, 4) is 0 Å². The molecular formula is C18H24BrN. The van der Waals surface area contributed by atoms with Crippen molar-refractivity contribution in [3.63, 3.8) is 0 Å². The minimum atomic E-state index is 1.12. The molecule has 2 rings (SSSR count). The first-order valence-electron chi connectivity index (χ1n) is 7.30. The number of nitrogens with one attached hydrogen (secondary N) is 1. The molecule has 20 heavy (non-hydrogen) atoms. The lowest BCUT2D eigenvalue weighted by Crippen LogP contribution is -1.87. The zero-order valence-electron chi connectivity index (χ0n) is 12.2. The van der Waals surface area contributed by atoms with E-state index in [1.807, 2.05) is 60.7 Å². The molecule has 0 spiro atoms. The SMILES string of the molecule is CCCCCCBr.c1ccc(Nc2ccccc2)cc1. The number of rotatable bonds is 6. The van der Waals surface area contributed by atoms with Crippen LogP contribution in [0.25, 0.3) is 0 Å². The Labute approximate surface area is 131 Å². The van der Waals surface area contributed by atoms with Crippen molar-refractivity contribution < 1.29 is 0 Å². The quantitative estimate of drug-likeness (QED) is 0.476. The van der Waals surface area contributed by atoms with Gasteiger partial charge in [0.1, 0.15) is 0 Å². The normalized spacial score (nSPS) is 9.50. The van der Waals surface area contributed by atoms with Crippen LogP contribution in [0.1, 0.15) is 32.6 Å². The molecule has 108 valence electrons. The first-order chi connectivity index (χ1) is 9.86. The van der Waals surface area contributed by atoms with Crippen molar-refractivity contribution >= 4 is 27.3 Å². The van der Waals surface area contributed by atoms with Gasteiger partial charge in [-0.2, -0.15) is 0 Å². The van der Waals surface area contributed by atoms with E-state index >= 15 is 0 Å². The largest absolute Gasteiger partial charge is 0.356 e. The molecule has 0 unspecified atom stereocenters. The second-order valence-corrected chi connectivity index (χ2v) is 5.40. The van der Waals surface area contributed by atoms with E-state index in [-0.39, 0.29) is 0 Å². The van der Waals surface area contributed by atoms with Crippen molar-refractivity contribution in [2.45, 2.75) is 32.6 Å². The number of unbranched alkanes of at least 4 members (excludes halogenated alkanes) is 3. The van der Waals surface area contributed by atoms with Crippen LogP contribution in [0.3, 0.4) is 0 Å². The Kier molecular flexibility index (Phi) is 9.68. The third-order valence-corrected chi connectivity index (χ3v) is 3.38. The van der Waals surface area contributed by atoms with Gasteiger partial charge >= 0.3 is 0 Å². The fraction of sp³-hybridized carbons (Fsp3) is 0.333. The average molecular weight is 334 g/mol. The predicted octanol–water partition coefficient (Wildman–Crippen LogP) is 6.39. The van der Waals surface area contributed by atoms with E-state index in [0.717, 1.165) is 11.4 Å². The smallest absolute Gasteiger partial charge is 0.0384 e. The maximum Gasteiger partial charge on any atom is 0.0384 e. The molecule has 2 aromatic carbocycles. The third-order valence-electron chi connectivity index (χ3n) is 2.82. The van der Waals surface area contributed by atoms with E-state index < -0.39 is 0 Å².